The molecule has 0 fully saturated rings. The zero-order valence-corrected chi connectivity index (χ0v) is 13.4. The number of halogens is 2. The van der Waals surface area contributed by atoms with Crippen LogP contribution in [0.1, 0.15) is 0 Å². The number of benzene rings is 2. The monoisotopic (exact) mass is 356 g/mol. The van der Waals surface area contributed by atoms with E-state index in [1.165, 1.54) is 16.8 Å². The van der Waals surface area contributed by atoms with Gasteiger partial charge in [0.05, 0.1) is 5.69 Å². The summed E-state index contributed by atoms with van der Waals surface area (Å²) in [4.78, 5) is 4.24. The standard InChI is InChI=1S/C16H10ClFN6O/c17-10-2-1-3-12(8-10)24-14(19)13(21-23-24)16-20-15(22-25-16)9-4-6-11(18)7-5-9/h1-8H,19H2. The van der Waals surface area contributed by atoms with Crippen molar-refractivity contribution in [2.24, 2.45) is 0 Å². The van der Waals surface area contributed by atoms with Crippen molar-refractivity contribution >= 4 is 17.4 Å². The fraction of sp³-hybridized carbons (Fsp3) is 0. The Kier molecular flexibility index (Phi) is 3.66. The quantitative estimate of drug-likeness (QED) is 0.604. The van der Waals surface area contributed by atoms with Gasteiger partial charge in [-0.15, -0.1) is 5.10 Å². The van der Waals surface area contributed by atoms with E-state index in [9.17, 15) is 4.39 Å². The SMILES string of the molecule is Nc1c(-c2nc(-c3ccc(F)cc3)no2)nnn1-c1cccc(Cl)c1. The maximum Gasteiger partial charge on any atom is 0.282 e. The minimum atomic E-state index is -0.346. The van der Waals surface area contributed by atoms with E-state index in [4.69, 9.17) is 21.9 Å². The molecule has 25 heavy (non-hydrogen) atoms. The molecule has 0 aliphatic rings. The summed E-state index contributed by atoms with van der Waals surface area (Å²) in [5, 5.41) is 12.4. The van der Waals surface area contributed by atoms with Crippen molar-refractivity contribution in [2.45, 2.75) is 0 Å². The molecular formula is C16H10ClFN6O. The molecule has 0 saturated heterocycles. The van der Waals surface area contributed by atoms with E-state index in [-0.39, 0.29) is 23.2 Å². The summed E-state index contributed by atoms with van der Waals surface area (Å²) in [7, 11) is 0. The Labute approximate surface area is 145 Å². The van der Waals surface area contributed by atoms with E-state index in [1.807, 2.05) is 0 Å². The number of nitrogen functional groups attached to an aromatic ring is 1. The first-order valence-corrected chi connectivity index (χ1v) is 7.57. The number of anilines is 1. The summed E-state index contributed by atoms with van der Waals surface area (Å²) in [6, 6.07) is 12.7. The van der Waals surface area contributed by atoms with Gasteiger partial charge in [-0.25, -0.2) is 4.39 Å². The minimum Gasteiger partial charge on any atom is -0.382 e. The van der Waals surface area contributed by atoms with E-state index in [1.54, 1.807) is 36.4 Å². The van der Waals surface area contributed by atoms with Crippen LogP contribution in [0.15, 0.2) is 53.1 Å². The van der Waals surface area contributed by atoms with Gasteiger partial charge in [0, 0.05) is 10.6 Å². The van der Waals surface area contributed by atoms with Crippen LogP contribution in [0.4, 0.5) is 10.2 Å². The molecule has 2 heterocycles. The molecule has 0 unspecified atom stereocenters. The molecule has 0 saturated carbocycles. The summed E-state index contributed by atoms with van der Waals surface area (Å²) >= 11 is 5.98. The molecule has 2 aromatic heterocycles. The number of rotatable bonds is 3. The molecule has 2 aromatic carbocycles. The zero-order valence-electron chi connectivity index (χ0n) is 12.6. The van der Waals surface area contributed by atoms with Crippen LogP contribution in [0.2, 0.25) is 5.02 Å². The molecule has 4 aromatic rings. The van der Waals surface area contributed by atoms with Gasteiger partial charge in [0.2, 0.25) is 5.82 Å². The highest BCUT2D eigenvalue weighted by molar-refractivity contribution is 6.30. The molecule has 124 valence electrons. The van der Waals surface area contributed by atoms with E-state index < -0.39 is 0 Å². The maximum absolute atomic E-state index is 13.0. The lowest BCUT2D eigenvalue weighted by Crippen LogP contribution is -2.02. The molecule has 4 rings (SSSR count). The first-order chi connectivity index (χ1) is 12.1. The van der Waals surface area contributed by atoms with Crippen molar-refractivity contribution in [1.82, 2.24) is 25.1 Å². The number of aromatic nitrogens is 5. The van der Waals surface area contributed by atoms with E-state index in [2.05, 4.69) is 20.5 Å². The van der Waals surface area contributed by atoms with Gasteiger partial charge >= 0.3 is 0 Å². The number of nitrogens with two attached hydrogens (primary N) is 1. The van der Waals surface area contributed by atoms with Crippen molar-refractivity contribution in [3.8, 4) is 28.7 Å². The van der Waals surface area contributed by atoms with Gasteiger partial charge in [0.25, 0.3) is 5.89 Å². The topological polar surface area (TPSA) is 95.7 Å². The molecule has 0 bridgehead atoms. The van der Waals surface area contributed by atoms with Gasteiger partial charge in [-0.1, -0.05) is 28.0 Å². The van der Waals surface area contributed by atoms with Gasteiger partial charge in [0.1, 0.15) is 5.82 Å². The summed E-state index contributed by atoms with van der Waals surface area (Å²) in [5.41, 5.74) is 7.62. The molecule has 2 N–H and O–H groups in total. The lowest BCUT2D eigenvalue weighted by Gasteiger charge is -2.02. The van der Waals surface area contributed by atoms with E-state index in [0.29, 0.717) is 22.1 Å². The van der Waals surface area contributed by atoms with Crippen LogP contribution in [0.25, 0.3) is 28.7 Å². The second-order valence-electron chi connectivity index (χ2n) is 5.14. The third-order valence-electron chi connectivity index (χ3n) is 3.49. The van der Waals surface area contributed by atoms with Crippen LogP contribution in [-0.4, -0.2) is 25.1 Å². The minimum absolute atomic E-state index is 0.116. The highest BCUT2D eigenvalue weighted by Gasteiger charge is 2.19. The molecule has 0 aliphatic heterocycles. The molecule has 0 amide bonds. The van der Waals surface area contributed by atoms with Crippen LogP contribution in [-0.2, 0) is 0 Å². The largest absolute Gasteiger partial charge is 0.382 e. The second-order valence-corrected chi connectivity index (χ2v) is 5.58. The maximum atomic E-state index is 13.0. The van der Waals surface area contributed by atoms with Crippen molar-refractivity contribution in [3.05, 3.63) is 59.4 Å². The normalized spacial score (nSPS) is 11.0. The van der Waals surface area contributed by atoms with Gasteiger partial charge in [0.15, 0.2) is 11.5 Å². The summed E-state index contributed by atoms with van der Waals surface area (Å²) < 4.78 is 19.6. The number of hydrogen-bond donors (Lipinski definition) is 1. The Hall–Kier alpha value is -3.26. The molecule has 0 radical (unpaired) electrons. The van der Waals surface area contributed by atoms with Crippen molar-refractivity contribution in [3.63, 3.8) is 0 Å². The van der Waals surface area contributed by atoms with Crippen LogP contribution in [0, 0.1) is 5.82 Å². The second kappa shape index (κ2) is 5.99. The molecule has 0 aliphatic carbocycles. The van der Waals surface area contributed by atoms with Crippen LogP contribution in [0.3, 0.4) is 0 Å². The highest BCUT2D eigenvalue weighted by Crippen LogP contribution is 2.27. The van der Waals surface area contributed by atoms with Gasteiger partial charge in [-0.05, 0) is 42.5 Å². The third kappa shape index (κ3) is 2.83. The lowest BCUT2D eigenvalue weighted by atomic mass is 10.2. The van der Waals surface area contributed by atoms with Crippen LogP contribution in [0.5, 0.6) is 0 Å². The smallest absolute Gasteiger partial charge is 0.282 e. The summed E-state index contributed by atoms with van der Waals surface area (Å²) in [5.74, 6) is 0.301. The first kappa shape index (κ1) is 15.3. The average molecular weight is 357 g/mol. The fourth-order valence-electron chi connectivity index (χ4n) is 2.28. The average Bonchev–Trinajstić information content (AvgIpc) is 3.22. The Bertz CT molecular complexity index is 1040. The van der Waals surface area contributed by atoms with Crippen molar-refractivity contribution in [2.75, 3.05) is 5.73 Å². The Morgan fingerprint density at radius 2 is 1.92 bits per heavy atom. The predicted octanol–water partition coefficient (Wildman–Crippen LogP) is 3.36. The molecule has 0 spiro atoms. The summed E-state index contributed by atoms with van der Waals surface area (Å²) in [6.07, 6.45) is 0. The van der Waals surface area contributed by atoms with E-state index >= 15 is 0 Å². The van der Waals surface area contributed by atoms with Crippen molar-refractivity contribution < 1.29 is 8.91 Å². The Morgan fingerprint density at radius 1 is 1.12 bits per heavy atom. The zero-order chi connectivity index (χ0) is 17.4. The number of hydrogen-bond acceptors (Lipinski definition) is 6. The first-order valence-electron chi connectivity index (χ1n) is 7.19. The Balaban J connectivity index is 1.71. The predicted molar refractivity (Wildman–Crippen MR) is 89.5 cm³/mol. The summed E-state index contributed by atoms with van der Waals surface area (Å²) in [6.45, 7) is 0. The molecule has 7 nitrogen and oxygen atoms in total. The fourth-order valence-corrected chi connectivity index (χ4v) is 2.46. The van der Waals surface area contributed by atoms with Gasteiger partial charge in [-0.3, -0.25) is 0 Å². The van der Waals surface area contributed by atoms with E-state index in [0.717, 1.165) is 0 Å². The molecule has 9 heteroatoms. The van der Waals surface area contributed by atoms with Gasteiger partial charge in [-0.2, -0.15) is 9.67 Å². The van der Waals surface area contributed by atoms with Crippen LogP contribution >= 0.6 is 11.6 Å². The lowest BCUT2D eigenvalue weighted by molar-refractivity contribution is 0.431. The van der Waals surface area contributed by atoms with Crippen molar-refractivity contribution in [1.29, 1.82) is 0 Å². The van der Waals surface area contributed by atoms with Crippen LogP contribution < -0.4 is 5.73 Å². The number of nitrogens with zero attached hydrogens (tertiary/aromatic N) is 5. The third-order valence-corrected chi connectivity index (χ3v) is 3.72. The highest BCUT2D eigenvalue weighted by atomic mass is 35.5. The molecular weight excluding hydrogens is 347 g/mol. The Morgan fingerprint density at radius 3 is 2.68 bits per heavy atom. The van der Waals surface area contributed by atoms with Gasteiger partial charge < -0.3 is 10.3 Å². The molecule has 0 atom stereocenters.